The fraction of sp³-hybridized carbons (Fsp3) is 0.667. The van der Waals surface area contributed by atoms with Gasteiger partial charge < -0.3 is 15.1 Å². The first-order valence-electron chi connectivity index (χ1n) is 6.10. The zero-order chi connectivity index (χ0) is 13.4. The number of carboxylic acid groups (broad SMARTS) is 2. The summed E-state index contributed by atoms with van der Waals surface area (Å²) < 4.78 is 0. The number of carbonyl (C=O) groups is 2. The molecule has 2 saturated heterocycles. The lowest BCUT2D eigenvalue weighted by molar-refractivity contribution is 0.0133. The highest BCUT2D eigenvalue weighted by Crippen LogP contribution is 2.37. The minimum absolute atomic E-state index is 0.0630. The van der Waals surface area contributed by atoms with E-state index in [0.717, 1.165) is 12.8 Å². The van der Waals surface area contributed by atoms with Crippen LogP contribution in [0.25, 0.3) is 0 Å². The predicted molar refractivity (Wildman–Crippen MR) is 64.6 cm³/mol. The maximum atomic E-state index is 11.3. The van der Waals surface area contributed by atoms with Crippen LogP contribution in [0.5, 0.6) is 0 Å². The molecule has 6 heteroatoms. The highest BCUT2D eigenvalue weighted by molar-refractivity contribution is 5.70. The molecule has 2 amide bonds. The van der Waals surface area contributed by atoms with Gasteiger partial charge in [0.15, 0.2) is 0 Å². The van der Waals surface area contributed by atoms with Crippen LogP contribution in [0.3, 0.4) is 0 Å². The predicted octanol–water partition coefficient (Wildman–Crippen LogP) is 1.68. The summed E-state index contributed by atoms with van der Waals surface area (Å²) in [7, 11) is 0. The third kappa shape index (κ3) is 1.81. The SMILES string of the molecule is C=C[C@H](C)[C@H]1[C@@H]2CC[C@H](CN1C(=O)O)N2C(=O)O. The van der Waals surface area contributed by atoms with E-state index in [-0.39, 0.29) is 30.6 Å². The lowest BCUT2D eigenvalue weighted by atomic mass is 9.91. The van der Waals surface area contributed by atoms with Crippen LogP contribution >= 0.6 is 0 Å². The van der Waals surface area contributed by atoms with Gasteiger partial charge in [-0.05, 0) is 18.8 Å². The zero-order valence-electron chi connectivity index (χ0n) is 10.3. The van der Waals surface area contributed by atoms with Crippen molar-refractivity contribution in [2.45, 2.75) is 37.9 Å². The summed E-state index contributed by atoms with van der Waals surface area (Å²) in [4.78, 5) is 25.4. The maximum absolute atomic E-state index is 11.3. The van der Waals surface area contributed by atoms with Gasteiger partial charge in [-0.1, -0.05) is 13.0 Å². The Morgan fingerprint density at radius 3 is 2.50 bits per heavy atom. The van der Waals surface area contributed by atoms with Crippen molar-refractivity contribution in [3.8, 4) is 0 Å². The number of piperazine rings is 1. The van der Waals surface area contributed by atoms with Crippen molar-refractivity contribution < 1.29 is 19.8 Å². The van der Waals surface area contributed by atoms with E-state index < -0.39 is 12.2 Å². The van der Waals surface area contributed by atoms with E-state index in [4.69, 9.17) is 0 Å². The first-order valence-corrected chi connectivity index (χ1v) is 6.10. The summed E-state index contributed by atoms with van der Waals surface area (Å²) in [5.74, 6) is -0.0630. The van der Waals surface area contributed by atoms with Crippen LogP contribution in [-0.2, 0) is 0 Å². The number of hydrogen-bond acceptors (Lipinski definition) is 2. The molecule has 4 atom stereocenters. The van der Waals surface area contributed by atoms with E-state index in [0.29, 0.717) is 0 Å². The van der Waals surface area contributed by atoms with Crippen LogP contribution in [0.2, 0.25) is 0 Å². The van der Waals surface area contributed by atoms with Gasteiger partial charge in [0, 0.05) is 6.54 Å². The Hall–Kier alpha value is -1.72. The van der Waals surface area contributed by atoms with Gasteiger partial charge in [0.25, 0.3) is 0 Å². The maximum Gasteiger partial charge on any atom is 0.407 e. The Balaban J connectivity index is 2.33. The lowest BCUT2D eigenvalue weighted by Gasteiger charge is -2.46. The van der Waals surface area contributed by atoms with Crippen LogP contribution < -0.4 is 0 Å². The van der Waals surface area contributed by atoms with E-state index in [1.165, 1.54) is 9.80 Å². The lowest BCUT2D eigenvalue weighted by Crippen LogP contribution is -2.63. The molecule has 6 nitrogen and oxygen atoms in total. The quantitative estimate of drug-likeness (QED) is 0.735. The average molecular weight is 254 g/mol. The summed E-state index contributed by atoms with van der Waals surface area (Å²) in [5, 5.41) is 18.5. The molecule has 100 valence electrons. The van der Waals surface area contributed by atoms with Gasteiger partial charge in [0.05, 0.1) is 18.1 Å². The Bertz CT molecular complexity index is 384. The van der Waals surface area contributed by atoms with Gasteiger partial charge >= 0.3 is 12.2 Å². The molecule has 2 bridgehead atoms. The van der Waals surface area contributed by atoms with Crippen molar-refractivity contribution in [2.75, 3.05) is 6.54 Å². The molecule has 2 heterocycles. The number of nitrogens with zero attached hydrogens (tertiary/aromatic N) is 2. The second-order valence-corrected chi connectivity index (χ2v) is 5.01. The second kappa shape index (κ2) is 4.51. The molecule has 0 aromatic rings. The van der Waals surface area contributed by atoms with Gasteiger partial charge in [-0.25, -0.2) is 9.59 Å². The van der Waals surface area contributed by atoms with Crippen molar-refractivity contribution in [2.24, 2.45) is 5.92 Å². The summed E-state index contributed by atoms with van der Waals surface area (Å²) in [5.41, 5.74) is 0. The molecule has 0 aliphatic carbocycles. The largest absolute Gasteiger partial charge is 0.465 e. The molecule has 18 heavy (non-hydrogen) atoms. The Morgan fingerprint density at radius 1 is 1.33 bits per heavy atom. The molecule has 0 unspecified atom stereocenters. The summed E-state index contributed by atoms with van der Waals surface area (Å²) in [6, 6.07) is -0.767. The van der Waals surface area contributed by atoms with Gasteiger partial charge in [-0.15, -0.1) is 6.58 Å². The smallest absolute Gasteiger partial charge is 0.407 e. The standard InChI is InChI=1S/C12H18N2O4/c1-3-7(2)10-9-5-4-8(14(9)12(17)18)6-13(10)11(15)16/h3,7-10H,1,4-6H2,2H3,(H,15,16)(H,17,18)/t7-,8+,9-,10-/m0/s1. The molecule has 2 aliphatic rings. The van der Waals surface area contributed by atoms with Crippen molar-refractivity contribution in [1.82, 2.24) is 9.80 Å². The molecule has 0 radical (unpaired) electrons. The third-order valence-corrected chi connectivity index (χ3v) is 4.08. The van der Waals surface area contributed by atoms with Gasteiger partial charge in [0.2, 0.25) is 0 Å². The van der Waals surface area contributed by atoms with E-state index in [9.17, 15) is 19.8 Å². The van der Waals surface area contributed by atoms with Crippen molar-refractivity contribution in [3.63, 3.8) is 0 Å². The van der Waals surface area contributed by atoms with E-state index in [2.05, 4.69) is 6.58 Å². The summed E-state index contributed by atoms with van der Waals surface area (Å²) in [6.45, 7) is 5.84. The summed E-state index contributed by atoms with van der Waals surface area (Å²) >= 11 is 0. The molecule has 2 fully saturated rings. The summed E-state index contributed by atoms with van der Waals surface area (Å²) in [6.07, 6.45) is 1.23. The van der Waals surface area contributed by atoms with Crippen molar-refractivity contribution in [3.05, 3.63) is 12.7 Å². The molecule has 0 spiro atoms. The molecule has 2 N–H and O–H groups in total. The normalized spacial score (nSPS) is 32.2. The van der Waals surface area contributed by atoms with E-state index >= 15 is 0 Å². The number of amides is 2. The number of likely N-dealkylation sites (tertiary alicyclic amines) is 1. The molecule has 2 rings (SSSR count). The van der Waals surface area contributed by atoms with Crippen LogP contribution in [0.1, 0.15) is 19.8 Å². The molecular weight excluding hydrogens is 236 g/mol. The molecule has 0 aromatic carbocycles. The fourth-order valence-electron chi connectivity index (χ4n) is 3.26. The minimum Gasteiger partial charge on any atom is -0.465 e. The van der Waals surface area contributed by atoms with Crippen LogP contribution in [0.15, 0.2) is 12.7 Å². The number of rotatable bonds is 2. The van der Waals surface area contributed by atoms with Crippen LogP contribution in [0.4, 0.5) is 9.59 Å². The topological polar surface area (TPSA) is 81.1 Å². The zero-order valence-corrected chi connectivity index (χ0v) is 10.3. The Morgan fingerprint density at radius 2 is 2.00 bits per heavy atom. The fourth-order valence-corrected chi connectivity index (χ4v) is 3.26. The molecular formula is C12H18N2O4. The number of hydrogen-bond donors (Lipinski definition) is 2. The van der Waals surface area contributed by atoms with Gasteiger partial charge in [0.1, 0.15) is 0 Å². The first-order chi connectivity index (χ1) is 8.47. The van der Waals surface area contributed by atoms with E-state index in [1.807, 2.05) is 6.92 Å². The van der Waals surface area contributed by atoms with Crippen LogP contribution in [-0.4, -0.2) is 56.9 Å². The van der Waals surface area contributed by atoms with Crippen molar-refractivity contribution in [1.29, 1.82) is 0 Å². The third-order valence-electron chi connectivity index (χ3n) is 4.08. The van der Waals surface area contributed by atoms with Crippen LogP contribution in [0, 0.1) is 5.92 Å². The monoisotopic (exact) mass is 254 g/mol. The average Bonchev–Trinajstić information content (AvgIpc) is 2.63. The molecule has 0 saturated carbocycles. The van der Waals surface area contributed by atoms with Crippen molar-refractivity contribution >= 4 is 12.2 Å². The Kier molecular flexibility index (Phi) is 3.19. The second-order valence-electron chi connectivity index (χ2n) is 5.01. The Labute approximate surface area is 105 Å². The van der Waals surface area contributed by atoms with Gasteiger partial charge in [-0.2, -0.15) is 0 Å². The number of fused-ring (bicyclic) bond motifs is 2. The molecule has 2 aliphatic heterocycles. The van der Waals surface area contributed by atoms with E-state index in [1.54, 1.807) is 6.08 Å². The minimum atomic E-state index is -0.976. The van der Waals surface area contributed by atoms with Gasteiger partial charge in [-0.3, -0.25) is 4.90 Å². The highest BCUT2D eigenvalue weighted by Gasteiger charge is 2.51. The molecule has 0 aromatic heterocycles. The highest BCUT2D eigenvalue weighted by atomic mass is 16.4. The first kappa shape index (κ1) is 12.7.